The summed E-state index contributed by atoms with van der Waals surface area (Å²) in [5.41, 5.74) is 0. The minimum Gasteiger partial charge on any atom is -0.490 e. The first-order valence-corrected chi connectivity index (χ1v) is 6.88. The van der Waals surface area contributed by atoms with Gasteiger partial charge >= 0.3 is 0 Å². The van der Waals surface area contributed by atoms with Crippen molar-refractivity contribution < 1.29 is 14.6 Å². The molecule has 1 N–H and O–H groups in total. The van der Waals surface area contributed by atoms with Gasteiger partial charge in [0.25, 0.3) is 0 Å². The molecule has 1 aliphatic rings. The van der Waals surface area contributed by atoms with Gasteiger partial charge in [0.05, 0.1) is 12.7 Å². The van der Waals surface area contributed by atoms with Gasteiger partial charge in [0.1, 0.15) is 6.10 Å². The zero-order valence-corrected chi connectivity index (χ0v) is 11.0. The third-order valence-electron chi connectivity index (χ3n) is 3.26. The molecule has 100 valence electrons. The van der Waals surface area contributed by atoms with Crippen molar-refractivity contribution >= 4 is 0 Å². The lowest BCUT2D eigenvalue weighted by Crippen LogP contribution is -2.34. The summed E-state index contributed by atoms with van der Waals surface area (Å²) in [5.74, 6) is 1.52. The Labute approximate surface area is 109 Å². The lowest BCUT2D eigenvalue weighted by Gasteiger charge is -2.28. The summed E-state index contributed by atoms with van der Waals surface area (Å²) in [6, 6.07) is 7.70. The van der Waals surface area contributed by atoms with Gasteiger partial charge < -0.3 is 14.6 Å². The molecule has 3 heteroatoms. The summed E-state index contributed by atoms with van der Waals surface area (Å²) in [5, 5.41) is 9.93. The van der Waals surface area contributed by atoms with Crippen LogP contribution < -0.4 is 9.47 Å². The first kappa shape index (κ1) is 13.2. The summed E-state index contributed by atoms with van der Waals surface area (Å²) in [4.78, 5) is 0. The number of hydrogen-bond donors (Lipinski definition) is 1. The topological polar surface area (TPSA) is 38.7 Å². The zero-order valence-electron chi connectivity index (χ0n) is 11.0. The summed E-state index contributed by atoms with van der Waals surface area (Å²) in [6.07, 6.45) is 4.50. The highest BCUT2D eigenvalue weighted by molar-refractivity contribution is 5.39. The van der Waals surface area contributed by atoms with Crippen LogP contribution in [-0.4, -0.2) is 23.9 Å². The summed E-state index contributed by atoms with van der Waals surface area (Å²) >= 11 is 0. The van der Waals surface area contributed by atoms with Crippen LogP contribution in [0.1, 0.15) is 39.0 Å². The second kappa shape index (κ2) is 6.64. The molecule has 1 aliphatic carbocycles. The predicted octanol–water partition coefficient (Wildman–Crippen LogP) is 3.16. The Morgan fingerprint density at radius 3 is 2.61 bits per heavy atom. The maximum Gasteiger partial charge on any atom is 0.161 e. The molecule has 0 amide bonds. The molecule has 0 unspecified atom stereocenters. The van der Waals surface area contributed by atoms with Gasteiger partial charge in [0, 0.05) is 0 Å². The van der Waals surface area contributed by atoms with E-state index in [4.69, 9.17) is 9.47 Å². The minimum absolute atomic E-state index is 0.0925. The maximum absolute atomic E-state index is 9.93. The van der Waals surface area contributed by atoms with Gasteiger partial charge in [-0.15, -0.1) is 0 Å². The van der Waals surface area contributed by atoms with E-state index in [1.165, 1.54) is 0 Å². The normalized spacial score (nSPS) is 23.7. The molecule has 1 aromatic carbocycles. The van der Waals surface area contributed by atoms with Gasteiger partial charge in [0.2, 0.25) is 0 Å². The van der Waals surface area contributed by atoms with Crippen LogP contribution in [0.4, 0.5) is 0 Å². The molecule has 0 heterocycles. The average Bonchev–Trinajstić information content (AvgIpc) is 2.40. The number of rotatable bonds is 5. The number of para-hydroxylation sites is 2. The molecular weight excluding hydrogens is 228 g/mol. The Bertz CT molecular complexity index is 365. The van der Waals surface area contributed by atoms with Gasteiger partial charge in [-0.3, -0.25) is 0 Å². The van der Waals surface area contributed by atoms with Gasteiger partial charge in [-0.1, -0.05) is 25.5 Å². The van der Waals surface area contributed by atoms with E-state index in [0.717, 1.165) is 43.6 Å². The lowest BCUT2D eigenvalue weighted by atomic mass is 9.95. The van der Waals surface area contributed by atoms with Crippen molar-refractivity contribution in [3.63, 3.8) is 0 Å². The highest BCUT2D eigenvalue weighted by Gasteiger charge is 2.25. The van der Waals surface area contributed by atoms with Crippen LogP contribution in [0.3, 0.4) is 0 Å². The van der Waals surface area contributed by atoms with Gasteiger partial charge in [0.15, 0.2) is 11.5 Å². The number of hydrogen-bond acceptors (Lipinski definition) is 3. The Hall–Kier alpha value is -1.22. The number of benzene rings is 1. The molecule has 0 bridgehead atoms. The van der Waals surface area contributed by atoms with Crippen LogP contribution in [0.5, 0.6) is 11.5 Å². The number of ether oxygens (including phenoxy) is 2. The van der Waals surface area contributed by atoms with Crippen LogP contribution in [-0.2, 0) is 0 Å². The first-order valence-electron chi connectivity index (χ1n) is 6.88. The summed E-state index contributed by atoms with van der Waals surface area (Å²) in [7, 11) is 0. The number of aliphatic hydroxyl groups is 1. The molecule has 18 heavy (non-hydrogen) atoms. The first-order chi connectivity index (χ1) is 8.81. The van der Waals surface area contributed by atoms with E-state index < -0.39 is 0 Å². The Kier molecular flexibility index (Phi) is 4.88. The fourth-order valence-electron chi connectivity index (χ4n) is 2.26. The van der Waals surface area contributed by atoms with Crippen LogP contribution in [0.15, 0.2) is 24.3 Å². The predicted molar refractivity (Wildman–Crippen MR) is 71.1 cm³/mol. The highest BCUT2D eigenvalue weighted by atomic mass is 16.5. The molecule has 0 aliphatic heterocycles. The van der Waals surface area contributed by atoms with Crippen molar-refractivity contribution in [3.8, 4) is 11.5 Å². The van der Waals surface area contributed by atoms with E-state index in [0.29, 0.717) is 6.61 Å². The molecule has 1 fully saturated rings. The molecule has 2 rings (SSSR count). The number of aliphatic hydroxyl groups excluding tert-OH is 1. The largest absolute Gasteiger partial charge is 0.490 e. The standard InChI is InChI=1S/C15H22O3/c1-2-11-17-14-9-5-6-10-15(14)18-13-8-4-3-7-12(13)16/h5-6,9-10,12-13,16H,2-4,7-8,11H2,1H3/t12-,13-/m0/s1. The van der Waals surface area contributed by atoms with Crippen LogP contribution in [0.25, 0.3) is 0 Å². The third-order valence-corrected chi connectivity index (χ3v) is 3.26. The van der Waals surface area contributed by atoms with E-state index in [1.54, 1.807) is 0 Å². The molecule has 0 spiro atoms. The van der Waals surface area contributed by atoms with Crippen molar-refractivity contribution in [3.05, 3.63) is 24.3 Å². The van der Waals surface area contributed by atoms with Crippen LogP contribution >= 0.6 is 0 Å². The molecule has 3 nitrogen and oxygen atoms in total. The quantitative estimate of drug-likeness (QED) is 0.872. The molecule has 2 atom stereocenters. The van der Waals surface area contributed by atoms with Crippen molar-refractivity contribution in [2.75, 3.05) is 6.61 Å². The average molecular weight is 250 g/mol. The van der Waals surface area contributed by atoms with Gasteiger partial charge in [-0.25, -0.2) is 0 Å². The van der Waals surface area contributed by atoms with E-state index in [-0.39, 0.29) is 12.2 Å². The molecule has 0 saturated heterocycles. The Morgan fingerprint density at radius 1 is 1.17 bits per heavy atom. The minimum atomic E-state index is -0.349. The van der Waals surface area contributed by atoms with Gasteiger partial charge in [-0.05, 0) is 37.8 Å². The highest BCUT2D eigenvalue weighted by Crippen LogP contribution is 2.31. The van der Waals surface area contributed by atoms with Crippen molar-refractivity contribution in [2.24, 2.45) is 0 Å². The molecule has 0 radical (unpaired) electrons. The molecule has 1 saturated carbocycles. The van der Waals surface area contributed by atoms with E-state index in [2.05, 4.69) is 6.92 Å². The molecule has 0 aromatic heterocycles. The van der Waals surface area contributed by atoms with Crippen molar-refractivity contribution in [1.29, 1.82) is 0 Å². The van der Waals surface area contributed by atoms with Crippen LogP contribution in [0.2, 0.25) is 0 Å². The fourth-order valence-corrected chi connectivity index (χ4v) is 2.26. The Morgan fingerprint density at radius 2 is 1.89 bits per heavy atom. The summed E-state index contributed by atoms with van der Waals surface area (Å²) < 4.78 is 11.6. The third kappa shape index (κ3) is 3.39. The second-order valence-electron chi connectivity index (χ2n) is 4.80. The van der Waals surface area contributed by atoms with Gasteiger partial charge in [-0.2, -0.15) is 0 Å². The van der Waals surface area contributed by atoms with E-state index in [1.807, 2.05) is 24.3 Å². The van der Waals surface area contributed by atoms with Crippen molar-refractivity contribution in [1.82, 2.24) is 0 Å². The Balaban J connectivity index is 2.03. The molecular formula is C15H22O3. The maximum atomic E-state index is 9.93. The van der Waals surface area contributed by atoms with Crippen molar-refractivity contribution in [2.45, 2.75) is 51.2 Å². The lowest BCUT2D eigenvalue weighted by molar-refractivity contribution is 0.00539. The fraction of sp³-hybridized carbons (Fsp3) is 0.600. The van der Waals surface area contributed by atoms with E-state index in [9.17, 15) is 5.11 Å². The molecule has 1 aromatic rings. The SMILES string of the molecule is CCCOc1ccccc1O[C@H]1CCCC[C@@H]1O. The zero-order chi connectivity index (χ0) is 12.8. The smallest absolute Gasteiger partial charge is 0.161 e. The second-order valence-corrected chi connectivity index (χ2v) is 4.80. The summed E-state index contributed by atoms with van der Waals surface area (Å²) in [6.45, 7) is 2.77. The van der Waals surface area contributed by atoms with Crippen LogP contribution in [0, 0.1) is 0 Å². The van der Waals surface area contributed by atoms with E-state index >= 15 is 0 Å². The monoisotopic (exact) mass is 250 g/mol.